The minimum Gasteiger partial charge on any atom is -0.279 e. The van der Waals surface area contributed by atoms with Crippen LogP contribution in [0.5, 0.6) is 0 Å². The zero-order valence-electron chi connectivity index (χ0n) is 10.7. The van der Waals surface area contributed by atoms with Gasteiger partial charge in [-0.15, -0.1) is 4.68 Å². The zero-order chi connectivity index (χ0) is 15.2. The van der Waals surface area contributed by atoms with E-state index in [1.807, 2.05) is 0 Å². The molecule has 5 nitrogen and oxygen atoms in total. The maximum atomic E-state index is 11.7. The van der Waals surface area contributed by atoms with Crippen molar-refractivity contribution in [2.75, 3.05) is 11.5 Å². The van der Waals surface area contributed by atoms with Gasteiger partial charge in [0.1, 0.15) is 0 Å². The number of nitrogens with two attached hydrogens (primary N) is 1. The molecular weight excluding hydrogens is 353 g/mol. The average molecular weight is 365 g/mol. The summed E-state index contributed by atoms with van der Waals surface area (Å²) in [6.45, 7) is 0. The maximum absolute atomic E-state index is 11.7. The van der Waals surface area contributed by atoms with Crippen LogP contribution in [0.1, 0.15) is 5.56 Å². The van der Waals surface area contributed by atoms with E-state index < -0.39 is 9.84 Å². The third-order valence-electron chi connectivity index (χ3n) is 3.37. The molecule has 9 heteroatoms. The highest BCUT2D eigenvalue weighted by Gasteiger charge is 2.49. The monoisotopic (exact) mass is 364 g/mol. The lowest BCUT2D eigenvalue weighted by molar-refractivity contribution is -0.558. The minimum absolute atomic E-state index is 0.0483. The van der Waals surface area contributed by atoms with Crippen LogP contribution in [0.15, 0.2) is 23.3 Å². The molecule has 0 aromatic heterocycles. The number of halogens is 2. The van der Waals surface area contributed by atoms with Gasteiger partial charge in [0, 0.05) is 10.6 Å². The zero-order valence-corrected chi connectivity index (χ0v) is 13.9. The van der Waals surface area contributed by atoms with Crippen molar-refractivity contribution in [3.63, 3.8) is 0 Å². The lowest BCUT2D eigenvalue weighted by Gasteiger charge is -2.04. The van der Waals surface area contributed by atoms with E-state index in [2.05, 4.69) is 5.10 Å². The first-order valence-electron chi connectivity index (χ1n) is 6.13. The number of thioether (sulfide) groups is 1. The molecule has 0 bridgehead atoms. The Kier molecular flexibility index (Phi) is 3.94. The van der Waals surface area contributed by atoms with Crippen LogP contribution in [0.4, 0.5) is 0 Å². The van der Waals surface area contributed by atoms with Crippen LogP contribution in [-0.4, -0.2) is 47.3 Å². The second-order valence-electron chi connectivity index (χ2n) is 4.89. The van der Waals surface area contributed by atoms with Gasteiger partial charge in [0.05, 0.1) is 28.0 Å². The Hall–Kier alpha value is -0.760. The van der Waals surface area contributed by atoms with Crippen molar-refractivity contribution in [1.29, 1.82) is 0 Å². The summed E-state index contributed by atoms with van der Waals surface area (Å²) in [6.07, 6.45) is 1.57. The van der Waals surface area contributed by atoms with Gasteiger partial charge in [0.2, 0.25) is 0 Å². The summed E-state index contributed by atoms with van der Waals surface area (Å²) < 4.78 is 24.9. The summed E-state index contributed by atoms with van der Waals surface area (Å²) in [5, 5.41) is 5.80. The number of hydrogen-bond acceptors (Lipinski definition) is 5. The summed E-state index contributed by atoms with van der Waals surface area (Å²) in [6, 6.07) is 4.88. The molecule has 1 aromatic carbocycles. The van der Waals surface area contributed by atoms with Gasteiger partial charge in [-0.25, -0.2) is 8.42 Å². The number of rotatable bonds is 2. The van der Waals surface area contributed by atoms with Crippen LogP contribution in [0.3, 0.4) is 0 Å². The van der Waals surface area contributed by atoms with Crippen LogP contribution in [-0.2, 0) is 9.84 Å². The van der Waals surface area contributed by atoms with E-state index in [9.17, 15) is 8.42 Å². The second kappa shape index (κ2) is 5.46. The van der Waals surface area contributed by atoms with E-state index in [4.69, 9.17) is 28.9 Å². The van der Waals surface area contributed by atoms with Crippen LogP contribution >= 0.6 is 35.0 Å². The highest BCUT2D eigenvalue weighted by molar-refractivity contribution is 8.15. The van der Waals surface area contributed by atoms with Gasteiger partial charge in [0.25, 0.3) is 0 Å². The van der Waals surface area contributed by atoms with E-state index in [-0.39, 0.29) is 22.8 Å². The Balaban J connectivity index is 1.87. The molecule has 2 aliphatic heterocycles. The molecule has 2 atom stereocenters. The van der Waals surface area contributed by atoms with Gasteiger partial charge in [-0.2, -0.15) is 0 Å². The van der Waals surface area contributed by atoms with Crippen LogP contribution in [0.25, 0.3) is 0 Å². The minimum atomic E-state index is -3.01. The summed E-state index contributed by atoms with van der Waals surface area (Å²) in [4.78, 5) is 0. The van der Waals surface area contributed by atoms with Gasteiger partial charge in [-0.05, 0) is 23.9 Å². The van der Waals surface area contributed by atoms with Crippen LogP contribution in [0.2, 0.25) is 10.0 Å². The van der Waals surface area contributed by atoms with E-state index in [1.54, 1.807) is 29.1 Å². The van der Waals surface area contributed by atoms with E-state index in [0.717, 1.165) is 0 Å². The Morgan fingerprint density at radius 3 is 2.86 bits per heavy atom. The molecule has 21 heavy (non-hydrogen) atoms. The molecule has 2 heterocycles. The predicted molar refractivity (Wildman–Crippen MR) is 87.3 cm³/mol. The average Bonchev–Trinajstić information content (AvgIpc) is 2.80. The molecule has 0 saturated carbocycles. The van der Waals surface area contributed by atoms with Gasteiger partial charge < -0.3 is 0 Å². The standard InChI is InChI=1S/C12H11Cl2N3O2S2/c13-8-2-1-7(9(14)3-8)4-16-17-10-5-21(18,19)6-11(10)20-12(17)15/h1-4,10-11,15H,5-6H2/p+1/b16-4+. The van der Waals surface area contributed by atoms with Crippen LogP contribution < -0.4 is 5.73 Å². The number of fused-ring (bicyclic) bond motifs is 1. The van der Waals surface area contributed by atoms with Crippen molar-refractivity contribution in [1.82, 2.24) is 0 Å². The molecule has 1 aromatic rings. The molecule has 2 N–H and O–H groups in total. The van der Waals surface area contributed by atoms with E-state index >= 15 is 0 Å². The quantitative estimate of drug-likeness (QED) is 0.638. The topological polar surface area (TPSA) is 75.5 Å². The first-order chi connectivity index (χ1) is 9.85. The fraction of sp³-hybridized carbons (Fsp3) is 0.333. The Labute approximate surface area is 136 Å². The largest absolute Gasteiger partial charge is 0.330 e. The third-order valence-corrected chi connectivity index (χ3v) is 7.07. The third kappa shape index (κ3) is 3.06. The second-order valence-corrected chi connectivity index (χ2v) is 9.15. The molecule has 0 radical (unpaired) electrons. The van der Waals surface area contributed by atoms with Crippen molar-refractivity contribution in [3.8, 4) is 0 Å². The van der Waals surface area contributed by atoms with Crippen molar-refractivity contribution in [2.45, 2.75) is 11.3 Å². The summed E-state index contributed by atoms with van der Waals surface area (Å²) in [5.74, 6) is 0.230. The van der Waals surface area contributed by atoms with Crippen molar-refractivity contribution in [2.24, 2.45) is 10.8 Å². The first-order valence-corrected chi connectivity index (χ1v) is 9.59. The molecule has 1 fully saturated rings. The number of sulfone groups is 1. The van der Waals surface area contributed by atoms with Crippen LogP contribution in [0, 0.1) is 0 Å². The number of amidine groups is 1. The van der Waals surface area contributed by atoms with Gasteiger partial charge in [0.15, 0.2) is 15.9 Å². The molecular formula is C12H12Cl2N3O2S2+. The van der Waals surface area contributed by atoms with E-state index in [1.165, 1.54) is 11.8 Å². The lowest BCUT2D eigenvalue weighted by atomic mass is 10.2. The molecule has 3 rings (SSSR count). The fourth-order valence-electron chi connectivity index (χ4n) is 2.38. The lowest BCUT2D eigenvalue weighted by Crippen LogP contribution is -2.29. The van der Waals surface area contributed by atoms with Crippen molar-refractivity contribution >= 4 is 56.2 Å². The Bertz CT molecular complexity index is 762. The highest BCUT2D eigenvalue weighted by atomic mass is 35.5. The SMILES string of the molecule is NC1=[N+](/N=C/c2ccc(Cl)cc2Cl)C2CS(=O)(=O)CC2S1. The summed E-state index contributed by atoms with van der Waals surface area (Å²) in [7, 11) is -3.01. The predicted octanol–water partition coefficient (Wildman–Crippen LogP) is 1.57. The Morgan fingerprint density at radius 2 is 2.14 bits per heavy atom. The van der Waals surface area contributed by atoms with Crippen molar-refractivity contribution < 1.29 is 13.1 Å². The molecule has 0 aliphatic carbocycles. The molecule has 1 saturated heterocycles. The van der Waals surface area contributed by atoms with E-state index in [0.29, 0.717) is 20.8 Å². The normalized spacial score (nSPS) is 27.5. The first kappa shape index (κ1) is 15.1. The van der Waals surface area contributed by atoms with Gasteiger partial charge in [-0.1, -0.05) is 34.4 Å². The number of benzene rings is 1. The molecule has 2 unspecified atom stereocenters. The molecule has 112 valence electrons. The summed E-state index contributed by atoms with van der Waals surface area (Å²) in [5.41, 5.74) is 6.62. The number of hydrogen-bond donors (Lipinski definition) is 1. The number of hydrazone groups is 1. The number of nitrogens with zero attached hydrogens (tertiary/aromatic N) is 2. The van der Waals surface area contributed by atoms with Gasteiger partial charge >= 0.3 is 5.17 Å². The molecule has 0 spiro atoms. The smallest absolute Gasteiger partial charge is 0.279 e. The van der Waals surface area contributed by atoms with Gasteiger partial charge in [-0.3, -0.25) is 5.73 Å². The Morgan fingerprint density at radius 1 is 1.38 bits per heavy atom. The fourth-order valence-corrected chi connectivity index (χ4v) is 6.58. The maximum Gasteiger partial charge on any atom is 0.330 e. The van der Waals surface area contributed by atoms with Crippen molar-refractivity contribution in [3.05, 3.63) is 33.8 Å². The molecule has 2 aliphatic rings. The highest BCUT2D eigenvalue weighted by Crippen LogP contribution is 2.32. The molecule has 0 amide bonds. The summed E-state index contributed by atoms with van der Waals surface area (Å²) >= 11 is 13.3.